The number of aliphatic hydroxyl groups is 2. The van der Waals surface area contributed by atoms with E-state index in [1.807, 2.05) is 0 Å². The third-order valence-corrected chi connectivity index (χ3v) is 0.863. The Morgan fingerprint density at radius 2 is 2.25 bits per heavy atom. The van der Waals surface area contributed by atoms with E-state index < -0.39 is 6.10 Å². The zero-order chi connectivity index (χ0) is 6.57. The minimum Gasteiger partial charge on any atom is -0.393 e. The lowest BCUT2D eigenvalue weighted by Gasteiger charge is -2.03. The number of rotatable bonds is 3. The first-order chi connectivity index (χ1) is 3.72. The summed E-state index contributed by atoms with van der Waals surface area (Å²) in [6.45, 7) is 6.49. The smallest absolute Gasteiger partial charge is 0.101 e. The second-order valence-electron chi connectivity index (χ2n) is 1.48. The van der Waals surface area contributed by atoms with Crippen LogP contribution in [0.25, 0.3) is 0 Å². The molecule has 46 valence electrons. The van der Waals surface area contributed by atoms with Crippen molar-refractivity contribution in [1.82, 2.24) is 0 Å². The fraction of sp³-hybridized carbons (Fsp3) is 0.333. The van der Waals surface area contributed by atoms with Gasteiger partial charge >= 0.3 is 0 Å². The molecule has 2 nitrogen and oxygen atoms in total. The third kappa shape index (κ3) is 1.91. The molecule has 2 N–H and O–H groups in total. The number of hydrogen-bond acceptors (Lipinski definition) is 2. The fourth-order valence-electron chi connectivity index (χ4n) is 0.253. The van der Waals surface area contributed by atoms with Crippen LogP contribution in [0.5, 0.6) is 0 Å². The van der Waals surface area contributed by atoms with Gasteiger partial charge in [-0.05, 0) is 5.57 Å². The lowest BCUT2D eigenvalue weighted by atomic mass is 10.2. The quantitative estimate of drug-likeness (QED) is 0.510. The van der Waals surface area contributed by atoms with Crippen LogP contribution in [-0.2, 0) is 0 Å². The maximum Gasteiger partial charge on any atom is 0.101 e. The Labute approximate surface area is 48.8 Å². The molecule has 0 aromatic carbocycles. The number of aliphatic hydroxyl groups excluding tert-OH is 2. The summed E-state index contributed by atoms with van der Waals surface area (Å²) in [5, 5.41) is 17.0. The van der Waals surface area contributed by atoms with Gasteiger partial charge in [0.2, 0.25) is 0 Å². The summed E-state index contributed by atoms with van der Waals surface area (Å²) >= 11 is 0. The zero-order valence-electron chi connectivity index (χ0n) is 4.67. The van der Waals surface area contributed by atoms with E-state index >= 15 is 0 Å². The monoisotopic (exact) mass is 114 g/mol. The van der Waals surface area contributed by atoms with E-state index in [9.17, 15) is 0 Å². The molecular weight excluding hydrogens is 104 g/mol. The molecule has 0 amide bonds. The maximum atomic E-state index is 8.71. The Morgan fingerprint density at radius 1 is 1.75 bits per heavy atom. The minimum atomic E-state index is -0.840. The van der Waals surface area contributed by atoms with Crippen LogP contribution in [-0.4, -0.2) is 22.9 Å². The Kier molecular flexibility index (Phi) is 3.15. The first-order valence-corrected chi connectivity index (χ1v) is 2.32. The van der Waals surface area contributed by atoms with Gasteiger partial charge in [-0.25, -0.2) is 0 Å². The molecule has 0 spiro atoms. The van der Waals surface area contributed by atoms with Crippen LogP contribution in [0, 0.1) is 0 Å². The molecular formula is C6H10O2. The second kappa shape index (κ2) is 3.41. The maximum absolute atomic E-state index is 8.71. The van der Waals surface area contributed by atoms with Crippen molar-refractivity contribution in [2.24, 2.45) is 0 Å². The fourth-order valence-corrected chi connectivity index (χ4v) is 0.253. The van der Waals surface area contributed by atoms with Crippen LogP contribution in [0.2, 0.25) is 0 Å². The zero-order valence-corrected chi connectivity index (χ0v) is 4.67. The molecule has 0 radical (unpaired) electrons. The van der Waals surface area contributed by atoms with Crippen molar-refractivity contribution < 1.29 is 10.2 Å². The normalized spacial score (nSPS) is 12.8. The van der Waals surface area contributed by atoms with Gasteiger partial charge < -0.3 is 10.2 Å². The summed E-state index contributed by atoms with van der Waals surface area (Å²) in [4.78, 5) is 0. The van der Waals surface area contributed by atoms with Gasteiger partial charge in [0.15, 0.2) is 0 Å². The molecule has 2 heteroatoms. The van der Waals surface area contributed by atoms with Crippen molar-refractivity contribution >= 4 is 0 Å². The SMILES string of the molecule is C=CC(=C)C(O)CO. The van der Waals surface area contributed by atoms with Crippen molar-refractivity contribution in [2.45, 2.75) is 6.10 Å². The van der Waals surface area contributed by atoms with E-state index in [0.717, 1.165) is 0 Å². The van der Waals surface area contributed by atoms with Gasteiger partial charge in [0.25, 0.3) is 0 Å². The van der Waals surface area contributed by atoms with E-state index in [4.69, 9.17) is 10.2 Å². The van der Waals surface area contributed by atoms with Crippen LogP contribution in [0.1, 0.15) is 0 Å². The Hall–Kier alpha value is -0.600. The summed E-state index contributed by atoms with van der Waals surface area (Å²) < 4.78 is 0. The highest BCUT2D eigenvalue weighted by atomic mass is 16.3. The van der Waals surface area contributed by atoms with Crippen LogP contribution in [0.3, 0.4) is 0 Å². The predicted molar refractivity (Wildman–Crippen MR) is 32.4 cm³/mol. The third-order valence-electron chi connectivity index (χ3n) is 0.863. The van der Waals surface area contributed by atoms with Crippen LogP contribution < -0.4 is 0 Å². The van der Waals surface area contributed by atoms with Gasteiger partial charge in [-0.1, -0.05) is 19.2 Å². The number of hydrogen-bond donors (Lipinski definition) is 2. The second-order valence-corrected chi connectivity index (χ2v) is 1.48. The predicted octanol–water partition coefficient (Wildman–Crippen LogP) is 0.0818. The van der Waals surface area contributed by atoms with E-state index in [2.05, 4.69) is 13.2 Å². The Bertz CT molecular complexity index is 96.7. The van der Waals surface area contributed by atoms with Gasteiger partial charge in [-0.3, -0.25) is 0 Å². The highest BCUT2D eigenvalue weighted by molar-refractivity contribution is 5.15. The molecule has 1 atom stereocenters. The van der Waals surface area contributed by atoms with Crippen molar-refractivity contribution in [2.75, 3.05) is 6.61 Å². The van der Waals surface area contributed by atoms with Gasteiger partial charge in [-0.2, -0.15) is 0 Å². The van der Waals surface area contributed by atoms with Crippen LogP contribution >= 0.6 is 0 Å². The van der Waals surface area contributed by atoms with Crippen LogP contribution in [0.4, 0.5) is 0 Å². The average Bonchev–Trinajstić information content (AvgIpc) is 1.84. The van der Waals surface area contributed by atoms with Gasteiger partial charge in [0.1, 0.15) is 6.10 Å². The molecule has 0 bridgehead atoms. The summed E-state index contributed by atoms with van der Waals surface area (Å²) in [5.41, 5.74) is 0.451. The Balaban J connectivity index is 3.62. The molecule has 0 aliphatic heterocycles. The van der Waals surface area contributed by atoms with Crippen molar-refractivity contribution in [3.8, 4) is 0 Å². The lowest BCUT2D eigenvalue weighted by molar-refractivity contribution is 0.125. The van der Waals surface area contributed by atoms with Crippen molar-refractivity contribution in [1.29, 1.82) is 0 Å². The average molecular weight is 114 g/mol. The minimum absolute atomic E-state index is 0.287. The highest BCUT2D eigenvalue weighted by Gasteiger charge is 2.00. The summed E-state index contributed by atoms with van der Waals surface area (Å²) in [5.74, 6) is 0. The molecule has 0 rings (SSSR count). The van der Waals surface area contributed by atoms with Crippen LogP contribution in [0.15, 0.2) is 24.8 Å². The van der Waals surface area contributed by atoms with E-state index in [1.165, 1.54) is 6.08 Å². The van der Waals surface area contributed by atoms with Gasteiger partial charge in [0, 0.05) is 0 Å². The van der Waals surface area contributed by atoms with E-state index in [1.54, 1.807) is 0 Å². The molecule has 0 saturated carbocycles. The molecule has 0 aromatic rings. The van der Waals surface area contributed by atoms with Crippen molar-refractivity contribution in [3.63, 3.8) is 0 Å². The summed E-state index contributed by atoms with van der Waals surface area (Å²) in [7, 11) is 0. The topological polar surface area (TPSA) is 40.5 Å². The molecule has 0 heterocycles. The standard InChI is InChI=1S/C6H10O2/c1-3-5(2)6(8)4-7/h3,6-8H,1-2,4H2. The highest BCUT2D eigenvalue weighted by Crippen LogP contribution is 1.97. The molecule has 0 aliphatic rings. The molecule has 0 aromatic heterocycles. The lowest BCUT2D eigenvalue weighted by Crippen LogP contribution is -2.12. The Morgan fingerprint density at radius 3 is 2.38 bits per heavy atom. The first-order valence-electron chi connectivity index (χ1n) is 2.32. The molecule has 0 fully saturated rings. The molecule has 0 aliphatic carbocycles. The first kappa shape index (κ1) is 7.40. The van der Waals surface area contributed by atoms with E-state index in [0.29, 0.717) is 5.57 Å². The van der Waals surface area contributed by atoms with Gasteiger partial charge in [0.05, 0.1) is 6.61 Å². The molecule has 8 heavy (non-hydrogen) atoms. The van der Waals surface area contributed by atoms with Crippen molar-refractivity contribution in [3.05, 3.63) is 24.8 Å². The largest absolute Gasteiger partial charge is 0.393 e. The van der Waals surface area contributed by atoms with Gasteiger partial charge in [-0.15, -0.1) is 0 Å². The molecule has 0 saturated heterocycles. The summed E-state index contributed by atoms with van der Waals surface area (Å²) in [6.07, 6.45) is 0.577. The molecule has 1 unspecified atom stereocenters. The summed E-state index contributed by atoms with van der Waals surface area (Å²) in [6, 6.07) is 0. The van der Waals surface area contributed by atoms with E-state index in [-0.39, 0.29) is 6.61 Å².